The van der Waals surface area contributed by atoms with E-state index in [4.69, 9.17) is 10.8 Å². The summed E-state index contributed by atoms with van der Waals surface area (Å²) in [6.07, 6.45) is 0. The van der Waals surface area contributed by atoms with Crippen molar-refractivity contribution in [3.05, 3.63) is 0 Å². The second kappa shape index (κ2) is 6.23. The maximum atomic E-state index is 11.5. The Morgan fingerprint density at radius 1 is 1.28 bits per heavy atom. The maximum Gasteiger partial charge on any atom is 0.315 e. The Balaban J connectivity index is 4.21. The van der Waals surface area contributed by atoms with Crippen LogP contribution < -0.4 is 16.4 Å². The highest BCUT2D eigenvalue weighted by atomic mass is 16.4. The van der Waals surface area contributed by atoms with Crippen LogP contribution in [0.4, 0.5) is 4.79 Å². The zero-order valence-electron chi connectivity index (χ0n) is 11.1. The number of urea groups is 1. The molecule has 0 saturated heterocycles. The molecular formula is C11H21N3O4. The predicted octanol–water partition coefficient (Wildman–Crippen LogP) is -0.0937. The molecule has 7 nitrogen and oxygen atoms in total. The van der Waals surface area contributed by atoms with Crippen LogP contribution >= 0.6 is 0 Å². The van der Waals surface area contributed by atoms with Gasteiger partial charge in [0.2, 0.25) is 5.91 Å². The number of aliphatic carboxylic acids is 1. The Hall–Kier alpha value is -1.79. The highest BCUT2D eigenvalue weighted by Gasteiger charge is 2.26. The van der Waals surface area contributed by atoms with E-state index in [1.54, 1.807) is 20.8 Å². The van der Waals surface area contributed by atoms with Gasteiger partial charge < -0.3 is 21.5 Å². The number of nitrogens with one attached hydrogen (secondary N) is 2. The Kier molecular flexibility index (Phi) is 5.61. The number of primary amides is 1. The summed E-state index contributed by atoms with van der Waals surface area (Å²) in [7, 11) is 0. The summed E-state index contributed by atoms with van der Waals surface area (Å²) in [5, 5.41) is 13.7. The van der Waals surface area contributed by atoms with Gasteiger partial charge in [0.05, 0.1) is 11.3 Å². The van der Waals surface area contributed by atoms with Gasteiger partial charge in [-0.25, -0.2) is 4.79 Å². The molecule has 18 heavy (non-hydrogen) atoms. The molecule has 3 amide bonds. The molecule has 0 rings (SSSR count). The molecule has 0 aliphatic heterocycles. The number of nitrogens with two attached hydrogens (primary N) is 1. The molecule has 0 fully saturated rings. The zero-order valence-corrected chi connectivity index (χ0v) is 11.1. The summed E-state index contributed by atoms with van der Waals surface area (Å²) in [6, 6.07) is -1.04. The van der Waals surface area contributed by atoms with E-state index in [-0.39, 0.29) is 6.54 Å². The minimum atomic E-state index is -0.986. The molecule has 2 unspecified atom stereocenters. The third-order valence-corrected chi connectivity index (χ3v) is 2.86. The van der Waals surface area contributed by atoms with Gasteiger partial charge in [0.25, 0.3) is 0 Å². The third-order valence-electron chi connectivity index (χ3n) is 2.86. The first-order chi connectivity index (χ1) is 8.08. The van der Waals surface area contributed by atoms with Gasteiger partial charge in [-0.1, -0.05) is 0 Å². The number of carboxylic acid groups (broad SMARTS) is 1. The van der Waals surface area contributed by atoms with Crippen LogP contribution in [0.1, 0.15) is 27.7 Å². The van der Waals surface area contributed by atoms with Gasteiger partial charge in [-0.2, -0.15) is 0 Å². The highest BCUT2D eigenvalue weighted by molar-refractivity contribution is 5.82. The van der Waals surface area contributed by atoms with E-state index < -0.39 is 35.3 Å². The van der Waals surface area contributed by atoms with Crippen LogP contribution in [0.25, 0.3) is 0 Å². The number of hydrogen-bond acceptors (Lipinski definition) is 3. The zero-order chi connectivity index (χ0) is 14.5. The molecule has 0 bridgehead atoms. The van der Waals surface area contributed by atoms with Crippen molar-refractivity contribution in [1.29, 1.82) is 0 Å². The van der Waals surface area contributed by atoms with Crippen molar-refractivity contribution in [1.82, 2.24) is 10.6 Å². The molecule has 0 aromatic carbocycles. The van der Waals surface area contributed by atoms with Gasteiger partial charge in [0, 0.05) is 12.6 Å². The standard InChI is InChI=1S/C11H21N3O4/c1-6(8(15)16)7(2)14-10(18)13-5-11(3,4)9(12)17/h6-7H,5H2,1-4H3,(H2,12,17)(H,15,16)(H2,13,14,18). The van der Waals surface area contributed by atoms with Crippen molar-refractivity contribution in [2.75, 3.05) is 6.54 Å². The first kappa shape index (κ1) is 16.2. The Labute approximate surface area is 106 Å². The van der Waals surface area contributed by atoms with E-state index in [0.717, 1.165) is 0 Å². The van der Waals surface area contributed by atoms with Gasteiger partial charge in [-0.15, -0.1) is 0 Å². The smallest absolute Gasteiger partial charge is 0.315 e. The molecule has 0 aliphatic rings. The van der Waals surface area contributed by atoms with Crippen LogP contribution in [-0.4, -0.2) is 35.6 Å². The van der Waals surface area contributed by atoms with Crippen LogP contribution in [0.5, 0.6) is 0 Å². The molecule has 5 N–H and O–H groups in total. The van der Waals surface area contributed by atoms with Crippen LogP contribution in [0.2, 0.25) is 0 Å². The van der Waals surface area contributed by atoms with Crippen LogP contribution in [0.15, 0.2) is 0 Å². The molecule has 2 atom stereocenters. The van der Waals surface area contributed by atoms with Gasteiger partial charge in [0.15, 0.2) is 0 Å². The molecule has 0 heterocycles. The molecule has 0 saturated carbocycles. The molecule has 0 aromatic heterocycles. The van der Waals surface area contributed by atoms with E-state index in [1.165, 1.54) is 6.92 Å². The maximum absolute atomic E-state index is 11.5. The van der Waals surface area contributed by atoms with Crippen molar-refractivity contribution in [3.63, 3.8) is 0 Å². The largest absolute Gasteiger partial charge is 0.481 e. The van der Waals surface area contributed by atoms with Gasteiger partial charge in [0.1, 0.15) is 0 Å². The van der Waals surface area contributed by atoms with Crippen LogP contribution in [-0.2, 0) is 9.59 Å². The third kappa shape index (κ3) is 5.03. The predicted molar refractivity (Wildman–Crippen MR) is 65.8 cm³/mol. The van der Waals surface area contributed by atoms with Crippen LogP contribution in [0.3, 0.4) is 0 Å². The quantitative estimate of drug-likeness (QED) is 0.532. The Bertz CT molecular complexity index is 341. The number of rotatable bonds is 6. The van der Waals surface area contributed by atoms with E-state index in [2.05, 4.69) is 10.6 Å². The van der Waals surface area contributed by atoms with Gasteiger partial charge in [-0.05, 0) is 27.7 Å². The summed E-state index contributed by atoms with van der Waals surface area (Å²) in [4.78, 5) is 33.2. The van der Waals surface area contributed by atoms with Crippen LogP contribution in [0, 0.1) is 11.3 Å². The number of amides is 3. The minimum absolute atomic E-state index is 0.0857. The van der Waals surface area contributed by atoms with E-state index in [9.17, 15) is 14.4 Å². The summed E-state index contributed by atoms with van der Waals surface area (Å²) in [5.41, 5.74) is 4.31. The van der Waals surface area contributed by atoms with Gasteiger partial charge in [-0.3, -0.25) is 9.59 Å². The average molecular weight is 259 g/mol. The summed E-state index contributed by atoms with van der Waals surface area (Å²) in [6.45, 7) is 6.40. The number of carboxylic acids is 1. The normalized spacial score (nSPS) is 14.4. The van der Waals surface area contributed by atoms with Crippen molar-refractivity contribution in [2.45, 2.75) is 33.7 Å². The topological polar surface area (TPSA) is 122 Å². The summed E-state index contributed by atoms with van der Waals surface area (Å²) in [5.74, 6) is -2.20. The first-order valence-corrected chi connectivity index (χ1v) is 5.65. The summed E-state index contributed by atoms with van der Waals surface area (Å²) >= 11 is 0. The van der Waals surface area contributed by atoms with E-state index in [0.29, 0.717) is 0 Å². The van der Waals surface area contributed by atoms with E-state index >= 15 is 0 Å². The SMILES string of the molecule is CC(NC(=O)NCC(C)(C)C(N)=O)C(C)C(=O)O. The fraction of sp³-hybridized carbons (Fsp3) is 0.727. The lowest BCUT2D eigenvalue weighted by molar-refractivity contribution is -0.141. The fourth-order valence-corrected chi connectivity index (χ4v) is 0.985. The minimum Gasteiger partial charge on any atom is -0.481 e. The first-order valence-electron chi connectivity index (χ1n) is 5.65. The average Bonchev–Trinajstić information content (AvgIpc) is 2.24. The number of carbonyl (C=O) groups is 3. The van der Waals surface area contributed by atoms with Crippen molar-refractivity contribution < 1.29 is 19.5 Å². The lowest BCUT2D eigenvalue weighted by Crippen LogP contribution is -2.49. The molecule has 0 aromatic rings. The fourth-order valence-electron chi connectivity index (χ4n) is 0.985. The van der Waals surface area contributed by atoms with Crippen molar-refractivity contribution in [3.8, 4) is 0 Å². The second-order valence-corrected chi connectivity index (χ2v) is 4.99. The molecular weight excluding hydrogens is 238 g/mol. The highest BCUT2D eigenvalue weighted by Crippen LogP contribution is 2.11. The molecule has 7 heteroatoms. The second-order valence-electron chi connectivity index (χ2n) is 4.99. The van der Waals surface area contributed by atoms with E-state index in [1.807, 2.05) is 0 Å². The molecule has 0 aliphatic carbocycles. The monoisotopic (exact) mass is 259 g/mol. The Morgan fingerprint density at radius 2 is 1.78 bits per heavy atom. The summed E-state index contributed by atoms with van der Waals surface area (Å²) < 4.78 is 0. The molecule has 0 spiro atoms. The molecule has 0 radical (unpaired) electrons. The lowest BCUT2D eigenvalue weighted by Gasteiger charge is -2.23. The Morgan fingerprint density at radius 3 is 2.17 bits per heavy atom. The van der Waals surface area contributed by atoms with Crippen molar-refractivity contribution in [2.24, 2.45) is 17.1 Å². The number of hydrogen-bond donors (Lipinski definition) is 4. The van der Waals surface area contributed by atoms with Crippen molar-refractivity contribution >= 4 is 17.9 Å². The lowest BCUT2D eigenvalue weighted by atomic mass is 9.93. The molecule has 104 valence electrons. The van der Waals surface area contributed by atoms with Gasteiger partial charge >= 0.3 is 12.0 Å². The number of carbonyl (C=O) groups excluding carboxylic acids is 2.